The predicted molar refractivity (Wildman–Crippen MR) is 72.3 cm³/mol. The van der Waals surface area contributed by atoms with Crippen LogP contribution in [0.3, 0.4) is 0 Å². The van der Waals surface area contributed by atoms with E-state index in [2.05, 4.69) is 49.4 Å². The van der Waals surface area contributed by atoms with Gasteiger partial charge in [-0.25, -0.2) is 0 Å². The van der Waals surface area contributed by atoms with Gasteiger partial charge in [-0.05, 0) is 36.8 Å². The summed E-state index contributed by atoms with van der Waals surface area (Å²) >= 11 is 1.75. The fourth-order valence-electron chi connectivity index (χ4n) is 1.54. The summed E-state index contributed by atoms with van der Waals surface area (Å²) in [7, 11) is 0. The number of rotatable bonds is 6. The molecule has 0 heterocycles. The number of benzene rings is 1. The third-order valence-electron chi connectivity index (χ3n) is 2.71. The van der Waals surface area contributed by atoms with Crippen LogP contribution in [0.2, 0.25) is 0 Å². The Kier molecular flexibility index (Phi) is 5.60. The van der Waals surface area contributed by atoms with Gasteiger partial charge in [-0.3, -0.25) is 11.3 Å². The number of hydrazine groups is 1. The van der Waals surface area contributed by atoms with Crippen LogP contribution in [0, 0.1) is 0 Å². The standard InChI is InChI=1S/C13H20N2S/c1-4-10(2)9-13(15-14)11-5-7-12(16-3)8-6-11/h5-8,13,15H,2,4,9,14H2,1,3H3. The molecule has 0 amide bonds. The monoisotopic (exact) mass is 236 g/mol. The van der Waals surface area contributed by atoms with Gasteiger partial charge in [0, 0.05) is 10.9 Å². The highest BCUT2D eigenvalue weighted by molar-refractivity contribution is 7.98. The number of nitrogens with one attached hydrogen (secondary N) is 1. The molecule has 0 aromatic heterocycles. The second-order valence-electron chi connectivity index (χ2n) is 3.80. The molecule has 0 fully saturated rings. The molecular weight excluding hydrogens is 216 g/mol. The molecule has 0 saturated carbocycles. The van der Waals surface area contributed by atoms with Crippen molar-refractivity contribution >= 4 is 11.8 Å². The van der Waals surface area contributed by atoms with Gasteiger partial charge >= 0.3 is 0 Å². The fourth-order valence-corrected chi connectivity index (χ4v) is 1.95. The molecule has 1 unspecified atom stereocenters. The number of hydrogen-bond donors (Lipinski definition) is 2. The van der Waals surface area contributed by atoms with Crippen molar-refractivity contribution in [1.29, 1.82) is 0 Å². The molecule has 0 aliphatic carbocycles. The van der Waals surface area contributed by atoms with Crippen molar-refractivity contribution in [3.63, 3.8) is 0 Å². The normalized spacial score (nSPS) is 12.4. The van der Waals surface area contributed by atoms with Gasteiger partial charge in [-0.1, -0.05) is 31.2 Å². The van der Waals surface area contributed by atoms with Crippen molar-refractivity contribution in [2.45, 2.75) is 30.7 Å². The summed E-state index contributed by atoms with van der Waals surface area (Å²) in [5.74, 6) is 5.58. The van der Waals surface area contributed by atoms with Crippen molar-refractivity contribution in [3.05, 3.63) is 42.0 Å². The first-order valence-corrected chi connectivity index (χ1v) is 6.70. The molecular formula is C13H20N2S. The molecule has 0 saturated heterocycles. The molecule has 2 nitrogen and oxygen atoms in total. The molecule has 1 atom stereocenters. The zero-order chi connectivity index (χ0) is 12.0. The van der Waals surface area contributed by atoms with Gasteiger partial charge in [-0.15, -0.1) is 11.8 Å². The first kappa shape index (κ1) is 13.3. The van der Waals surface area contributed by atoms with Crippen LogP contribution in [0.15, 0.2) is 41.3 Å². The number of thioether (sulfide) groups is 1. The third kappa shape index (κ3) is 3.67. The highest BCUT2D eigenvalue weighted by Crippen LogP contribution is 2.23. The van der Waals surface area contributed by atoms with E-state index in [0.717, 1.165) is 12.8 Å². The Morgan fingerprint density at radius 2 is 2.06 bits per heavy atom. The minimum Gasteiger partial charge on any atom is -0.271 e. The molecule has 1 aromatic rings. The van der Waals surface area contributed by atoms with Gasteiger partial charge < -0.3 is 0 Å². The van der Waals surface area contributed by atoms with E-state index in [-0.39, 0.29) is 6.04 Å². The van der Waals surface area contributed by atoms with Crippen molar-refractivity contribution in [1.82, 2.24) is 5.43 Å². The van der Waals surface area contributed by atoms with Crippen LogP contribution in [-0.2, 0) is 0 Å². The van der Waals surface area contributed by atoms with Crippen LogP contribution < -0.4 is 11.3 Å². The molecule has 0 spiro atoms. The average Bonchev–Trinajstić information content (AvgIpc) is 2.35. The van der Waals surface area contributed by atoms with E-state index < -0.39 is 0 Å². The molecule has 1 rings (SSSR count). The quantitative estimate of drug-likeness (QED) is 0.344. The maximum absolute atomic E-state index is 5.58. The van der Waals surface area contributed by atoms with E-state index in [1.807, 2.05) is 0 Å². The van der Waals surface area contributed by atoms with Crippen LogP contribution in [0.1, 0.15) is 31.4 Å². The van der Waals surface area contributed by atoms with Crippen molar-refractivity contribution in [3.8, 4) is 0 Å². The van der Waals surface area contributed by atoms with Gasteiger partial charge in [0.05, 0.1) is 0 Å². The summed E-state index contributed by atoms with van der Waals surface area (Å²) in [4.78, 5) is 1.27. The first-order chi connectivity index (χ1) is 7.71. The zero-order valence-electron chi connectivity index (χ0n) is 9.99. The summed E-state index contributed by atoms with van der Waals surface area (Å²) in [5, 5.41) is 0. The maximum atomic E-state index is 5.58. The lowest BCUT2D eigenvalue weighted by Crippen LogP contribution is -2.28. The topological polar surface area (TPSA) is 38.0 Å². The van der Waals surface area contributed by atoms with E-state index in [4.69, 9.17) is 5.84 Å². The predicted octanol–water partition coefficient (Wildman–Crippen LogP) is 3.27. The van der Waals surface area contributed by atoms with Gasteiger partial charge in [0.25, 0.3) is 0 Å². The molecule has 3 heteroatoms. The molecule has 3 N–H and O–H groups in total. The Balaban J connectivity index is 2.74. The summed E-state index contributed by atoms with van der Waals surface area (Å²) in [5.41, 5.74) is 5.29. The smallest absolute Gasteiger partial charge is 0.0496 e. The van der Waals surface area contributed by atoms with E-state index in [1.54, 1.807) is 11.8 Å². The van der Waals surface area contributed by atoms with Gasteiger partial charge in [-0.2, -0.15) is 0 Å². The Bertz CT molecular complexity index is 332. The Morgan fingerprint density at radius 3 is 2.50 bits per heavy atom. The summed E-state index contributed by atoms with van der Waals surface area (Å²) in [6.45, 7) is 6.14. The van der Waals surface area contributed by atoms with Crippen LogP contribution in [0.25, 0.3) is 0 Å². The number of nitrogens with two attached hydrogens (primary N) is 1. The SMILES string of the molecule is C=C(CC)CC(NN)c1ccc(SC)cc1. The summed E-state index contributed by atoms with van der Waals surface area (Å²) in [6.07, 6.45) is 3.97. The van der Waals surface area contributed by atoms with Gasteiger partial charge in [0.1, 0.15) is 0 Å². The van der Waals surface area contributed by atoms with Gasteiger partial charge in [0.15, 0.2) is 0 Å². The summed E-state index contributed by atoms with van der Waals surface area (Å²) in [6, 6.07) is 8.67. The fraction of sp³-hybridized carbons (Fsp3) is 0.385. The minimum absolute atomic E-state index is 0.170. The molecule has 16 heavy (non-hydrogen) atoms. The molecule has 0 bridgehead atoms. The molecule has 0 aliphatic rings. The van der Waals surface area contributed by atoms with Crippen LogP contribution in [-0.4, -0.2) is 6.26 Å². The maximum Gasteiger partial charge on any atom is 0.0496 e. The van der Waals surface area contributed by atoms with Crippen LogP contribution in [0.4, 0.5) is 0 Å². The molecule has 88 valence electrons. The van der Waals surface area contributed by atoms with Crippen molar-refractivity contribution < 1.29 is 0 Å². The molecule has 1 aromatic carbocycles. The van der Waals surface area contributed by atoms with E-state index in [9.17, 15) is 0 Å². The van der Waals surface area contributed by atoms with E-state index >= 15 is 0 Å². The lowest BCUT2D eigenvalue weighted by molar-refractivity contribution is 0.544. The Labute approximate surface area is 102 Å². The average molecular weight is 236 g/mol. The second kappa shape index (κ2) is 6.74. The zero-order valence-corrected chi connectivity index (χ0v) is 10.8. The first-order valence-electron chi connectivity index (χ1n) is 5.48. The third-order valence-corrected chi connectivity index (χ3v) is 3.46. The van der Waals surface area contributed by atoms with Gasteiger partial charge in [0.2, 0.25) is 0 Å². The highest BCUT2D eigenvalue weighted by Gasteiger charge is 2.10. The summed E-state index contributed by atoms with van der Waals surface area (Å²) < 4.78 is 0. The minimum atomic E-state index is 0.170. The van der Waals surface area contributed by atoms with E-state index in [1.165, 1.54) is 16.0 Å². The Hall–Kier alpha value is -0.770. The van der Waals surface area contributed by atoms with Crippen molar-refractivity contribution in [2.75, 3.05) is 6.26 Å². The molecule has 0 aliphatic heterocycles. The van der Waals surface area contributed by atoms with Crippen molar-refractivity contribution in [2.24, 2.45) is 5.84 Å². The number of hydrogen-bond acceptors (Lipinski definition) is 3. The lowest BCUT2D eigenvalue weighted by atomic mass is 9.99. The highest BCUT2D eigenvalue weighted by atomic mass is 32.2. The Morgan fingerprint density at radius 1 is 1.44 bits per heavy atom. The largest absolute Gasteiger partial charge is 0.271 e. The second-order valence-corrected chi connectivity index (χ2v) is 4.68. The lowest BCUT2D eigenvalue weighted by Gasteiger charge is -2.17. The van der Waals surface area contributed by atoms with E-state index in [0.29, 0.717) is 0 Å². The van der Waals surface area contributed by atoms with Crippen LogP contribution >= 0.6 is 11.8 Å². The molecule has 0 radical (unpaired) electrons. The van der Waals surface area contributed by atoms with Crippen LogP contribution in [0.5, 0.6) is 0 Å².